The Morgan fingerprint density at radius 3 is 2.75 bits per heavy atom. The Morgan fingerprint density at radius 2 is 2.19 bits per heavy atom. The van der Waals surface area contributed by atoms with Gasteiger partial charge >= 0.3 is 5.97 Å². The third-order valence-corrected chi connectivity index (χ3v) is 2.43. The molecule has 0 aromatic heterocycles. The van der Waals surface area contributed by atoms with E-state index in [-0.39, 0.29) is 18.3 Å². The molecule has 0 amide bonds. The van der Waals surface area contributed by atoms with Crippen LogP contribution in [-0.4, -0.2) is 24.3 Å². The number of ether oxygens (including phenoxy) is 1. The van der Waals surface area contributed by atoms with E-state index in [1.807, 2.05) is 0 Å². The van der Waals surface area contributed by atoms with Gasteiger partial charge in [-0.05, 0) is 24.5 Å². The molecule has 1 aromatic carbocycles. The SMILES string of the molecule is COC(CCc1ccccc1F)CC(=O)O. The molecule has 1 atom stereocenters. The fraction of sp³-hybridized carbons (Fsp3) is 0.417. The summed E-state index contributed by atoms with van der Waals surface area (Å²) < 4.78 is 18.3. The van der Waals surface area contributed by atoms with Gasteiger partial charge in [-0.2, -0.15) is 0 Å². The van der Waals surface area contributed by atoms with E-state index in [0.29, 0.717) is 18.4 Å². The summed E-state index contributed by atoms with van der Waals surface area (Å²) in [6, 6.07) is 6.48. The third-order valence-electron chi connectivity index (χ3n) is 2.43. The minimum Gasteiger partial charge on any atom is -0.481 e. The zero-order chi connectivity index (χ0) is 12.0. The van der Waals surface area contributed by atoms with Crippen molar-refractivity contribution in [3.63, 3.8) is 0 Å². The van der Waals surface area contributed by atoms with Crippen LogP contribution in [0.25, 0.3) is 0 Å². The number of methoxy groups -OCH3 is 1. The summed E-state index contributed by atoms with van der Waals surface area (Å²) in [6.07, 6.45) is 0.574. The highest BCUT2D eigenvalue weighted by molar-refractivity contribution is 5.67. The fourth-order valence-electron chi connectivity index (χ4n) is 1.52. The van der Waals surface area contributed by atoms with Crippen LogP contribution in [0.2, 0.25) is 0 Å². The first-order chi connectivity index (χ1) is 7.63. The Hall–Kier alpha value is -1.42. The molecule has 0 spiro atoms. The molecule has 0 heterocycles. The first-order valence-corrected chi connectivity index (χ1v) is 5.11. The summed E-state index contributed by atoms with van der Waals surface area (Å²) in [7, 11) is 1.47. The number of carboxylic acids is 1. The van der Waals surface area contributed by atoms with Crippen LogP contribution in [0.3, 0.4) is 0 Å². The molecular formula is C12H15FO3. The van der Waals surface area contributed by atoms with Gasteiger partial charge in [0.05, 0.1) is 12.5 Å². The summed E-state index contributed by atoms with van der Waals surface area (Å²) >= 11 is 0. The summed E-state index contributed by atoms with van der Waals surface area (Å²) in [5, 5.41) is 8.61. The van der Waals surface area contributed by atoms with E-state index in [4.69, 9.17) is 9.84 Å². The largest absolute Gasteiger partial charge is 0.481 e. The molecule has 0 radical (unpaired) electrons. The van der Waals surface area contributed by atoms with E-state index >= 15 is 0 Å². The molecule has 0 aliphatic carbocycles. The second-order valence-corrected chi connectivity index (χ2v) is 3.59. The number of hydrogen-bond acceptors (Lipinski definition) is 2. The highest BCUT2D eigenvalue weighted by Gasteiger charge is 2.13. The van der Waals surface area contributed by atoms with Crippen LogP contribution < -0.4 is 0 Å². The monoisotopic (exact) mass is 226 g/mol. The first kappa shape index (κ1) is 12.6. The van der Waals surface area contributed by atoms with Crippen molar-refractivity contribution < 1.29 is 19.0 Å². The van der Waals surface area contributed by atoms with E-state index in [2.05, 4.69) is 0 Å². The molecular weight excluding hydrogens is 211 g/mol. The summed E-state index contributed by atoms with van der Waals surface area (Å²) in [4.78, 5) is 10.5. The molecule has 0 bridgehead atoms. The molecule has 1 N–H and O–H groups in total. The second kappa shape index (κ2) is 6.23. The Labute approximate surface area is 93.9 Å². The van der Waals surface area contributed by atoms with Crippen molar-refractivity contribution in [1.82, 2.24) is 0 Å². The van der Waals surface area contributed by atoms with Crippen molar-refractivity contribution in [3.8, 4) is 0 Å². The smallest absolute Gasteiger partial charge is 0.305 e. The van der Waals surface area contributed by atoms with E-state index in [0.717, 1.165) is 0 Å². The molecule has 88 valence electrons. The van der Waals surface area contributed by atoms with Crippen molar-refractivity contribution in [3.05, 3.63) is 35.6 Å². The number of carboxylic acid groups (broad SMARTS) is 1. The molecule has 16 heavy (non-hydrogen) atoms. The normalized spacial score (nSPS) is 12.4. The average molecular weight is 226 g/mol. The van der Waals surface area contributed by atoms with Crippen molar-refractivity contribution >= 4 is 5.97 Å². The molecule has 3 nitrogen and oxygen atoms in total. The standard InChI is InChI=1S/C12H15FO3/c1-16-10(8-12(14)15)7-6-9-4-2-3-5-11(9)13/h2-5,10H,6-8H2,1H3,(H,14,15). The van der Waals surface area contributed by atoms with Crippen molar-refractivity contribution in [2.24, 2.45) is 0 Å². The van der Waals surface area contributed by atoms with Crippen molar-refractivity contribution in [2.45, 2.75) is 25.4 Å². The lowest BCUT2D eigenvalue weighted by molar-refractivity contribution is -0.139. The molecule has 1 aromatic rings. The van der Waals surface area contributed by atoms with Crippen LogP contribution in [0.15, 0.2) is 24.3 Å². The van der Waals surface area contributed by atoms with Crippen LogP contribution in [0, 0.1) is 5.82 Å². The first-order valence-electron chi connectivity index (χ1n) is 5.11. The highest BCUT2D eigenvalue weighted by Crippen LogP contribution is 2.12. The number of rotatable bonds is 6. The van der Waals surface area contributed by atoms with Gasteiger partial charge in [-0.3, -0.25) is 4.79 Å². The quantitative estimate of drug-likeness (QED) is 0.809. The Morgan fingerprint density at radius 1 is 1.50 bits per heavy atom. The zero-order valence-corrected chi connectivity index (χ0v) is 9.15. The predicted octanol–water partition coefficient (Wildman–Crippen LogP) is 2.25. The van der Waals surface area contributed by atoms with Gasteiger partial charge < -0.3 is 9.84 Å². The Kier molecular flexibility index (Phi) is 4.92. The zero-order valence-electron chi connectivity index (χ0n) is 9.15. The molecule has 4 heteroatoms. The number of carbonyl (C=O) groups is 1. The summed E-state index contributed by atoms with van der Waals surface area (Å²) in [5.41, 5.74) is 0.593. The summed E-state index contributed by atoms with van der Waals surface area (Å²) in [5.74, 6) is -1.16. The maximum absolute atomic E-state index is 13.2. The highest BCUT2D eigenvalue weighted by atomic mass is 19.1. The Bertz CT molecular complexity index is 352. The van der Waals surface area contributed by atoms with Crippen LogP contribution in [0.5, 0.6) is 0 Å². The number of hydrogen-bond donors (Lipinski definition) is 1. The van der Waals surface area contributed by atoms with Gasteiger partial charge in [-0.15, -0.1) is 0 Å². The average Bonchev–Trinajstić information content (AvgIpc) is 2.25. The van der Waals surface area contributed by atoms with Crippen LogP contribution in [-0.2, 0) is 16.0 Å². The number of benzene rings is 1. The molecule has 1 unspecified atom stereocenters. The van der Waals surface area contributed by atoms with E-state index in [9.17, 15) is 9.18 Å². The lowest BCUT2D eigenvalue weighted by Gasteiger charge is -2.12. The lowest BCUT2D eigenvalue weighted by Crippen LogP contribution is -2.16. The lowest BCUT2D eigenvalue weighted by atomic mass is 10.0. The Balaban J connectivity index is 2.49. The third kappa shape index (κ3) is 3.98. The summed E-state index contributed by atoms with van der Waals surface area (Å²) in [6.45, 7) is 0. The molecule has 1 rings (SSSR count). The number of halogens is 1. The second-order valence-electron chi connectivity index (χ2n) is 3.59. The van der Waals surface area contributed by atoms with Gasteiger partial charge in [0.25, 0.3) is 0 Å². The van der Waals surface area contributed by atoms with Crippen molar-refractivity contribution in [1.29, 1.82) is 0 Å². The van der Waals surface area contributed by atoms with Crippen LogP contribution in [0.1, 0.15) is 18.4 Å². The molecule has 0 aliphatic heterocycles. The molecule has 0 saturated carbocycles. The molecule has 0 fully saturated rings. The van der Waals surface area contributed by atoms with Gasteiger partial charge in [0, 0.05) is 7.11 Å². The predicted molar refractivity (Wildman–Crippen MR) is 57.8 cm³/mol. The fourth-order valence-corrected chi connectivity index (χ4v) is 1.52. The minimum absolute atomic E-state index is 0.0506. The maximum Gasteiger partial charge on any atom is 0.305 e. The van der Waals surface area contributed by atoms with Crippen LogP contribution >= 0.6 is 0 Å². The number of aliphatic carboxylic acids is 1. The topological polar surface area (TPSA) is 46.5 Å². The van der Waals surface area contributed by atoms with Crippen LogP contribution in [0.4, 0.5) is 4.39 Å². The van der Waals surface area contributed by atoms with Gasteiger partial charge in [0.2, 0.25) is 0 Å². The molecule has 0 aliphatic rings. The number of aryl methyl sites for hydroxylation is 1. The minimum atomic E-state index is -0.902. The van der Waals surface area contributed by atoms with Gasteiger partial charge in [0.1, 0.15) is 5.82 Å². The van der Waals surface area contributed by atoms with Gasteiger partial charge in [-0.25, -0.2) is 4.39 Å². The molecule has 0 saturated heterocycles. The van der Waals surface area contributed by atoms with E-state index in [1.54, 1.807) is 18.2 Å². The van der Waals surface area contributed by atoms with E-state index in [1.165, 1.54) is 13.2 Å². The van der Waals surface area contributed by atoms with Gasteiger partial charge in [-0.1, -0.05) is 18.2 Å². The maximum atomic E-state index is 13.2. The van der Waals surface area contributed by atoms with E-state index < -0.39 is 5.97 Å². The van der Waals surface area contributed by atoms with Gasteiger partial charge in [0.15, 0.2) is 0 Å². The van der Waals surface area contributed by atoms with Crippen molar-refractivity contribution in [2.75, 3.05) is 7.11 Å².